The molecule has 3 aromatic heterocycles. The highest BCUT2D eigenvalue weighted by Gasteiger charge is 2.25. The van der Waals surface area contributed by atoms with Crippen molar-refractivity contribution in [2.75, 3.05) is 17.2 Å². The van der Waals surface area contributed by atoms with E-state index in [1.807, 2.05) is 33.7 Å². The van der Waals surface area contributed by atoms with Gasteiger partial charge >= 0.3 is 0 Å². The molecule has 0 saturated heterocycles. The van der Waals surface area contributed by atoms with E-state index in [1.54, 1.807) is 37.2 Å². The molecular formula is C29H35Cl2N9O. The van der Waals surface area contributed by atoms with Crippen LogP contribution in [0.1, 0.15) is 50.5 Å². The van der Waals surface area contributed by atoms with E-state index in [4.69, 9.17) is 28.2 Å². The van der Waals surface area contributed by atoms with Gasteiger partial charge in [-0.2, -0.15) is 9.97 Å². The van der Waals surface area contributed by atoms with E-state index in [0.29, 0.717) is 46.6 Å². The van der Waals surface area contributed by atoms with Crippen LogP contribution >= 0.6 is 23.2 Å². The van der Waals surface area contributed by atoms with Gasteiger partial charge in [-0.1, -0.05) is 61.4 Å². The molecule has 0 radical (unpaired) electrons. The average molecular weight is 597 g/mol. The minimum atomic E-state index is -0.469. The average Bonchev–Trinajstić information content (AvgIpc) is 3.70. The highest BCUT2D eigenvalue weighted by atomic mass is 35.5. The van der Waals surface area contributed by atoms with E-state index in [-0.39, 0.29) is 5.91 Å². The predicted octanol–water partition coefficient (Wildman–Crippen LogP) is 5.74. The maximum atomic E-state index is 13.6. The van der Waals surface area contributed by atoms with Gasteiger partial charge in [0.25, 0.3) is 0 Å². The zero-order valence-electron chi connectivity index (χ0n) is 22.8. The third kappa shape index (κ3) is 8.43. The van der Waals surface area contributed by atoms with Crippen LogP contribution < -0.4 is 16.0 Å². The Hall–Kier alpha value is -3.63. The van der Waals surface area contributed by atoms with Crippen LogP contribution in [0.2, 0.25) is 10.0 Å². The fourth-order valence-electron chi connectivity index (χ4n) is 5.13. The lowest BCUT2D eigenvalue weighted by molar-refractivity contribution is -0.122. The van der Waals surface area contributed by atoms with E-state index >= 15 is 0 Å². The molecule has 10 nitrogen and oxygen atoms in total. The number of benzene rings is 1. The van der Waals surface area contributed by atoms with Gasteiger partial charge in [0.2, 0.25) is 11.9 Å². The molecule has 1 atom stereocenters. The molecule has 41 heavy (non-hydrogen) atoms. The maximum absolute atomic E-state index is 13.6. The largest absolute Gasteiger partial charge is 0.358 e. The monoisotopic (exact) mass is 595 g/mol. The summed E-state index contributed by atoms with van der Waals surface area (Å²) < 4.78 is 3.85. The number of nitrogens with zero attached hydrogens (tertiary/aromatic N) is 6. The van der Waals surface area contributed by atoms with Crippen LogP contribution in [-0.4, -0.2) is 47.6 Å². The van der Waals surface area contributed by atoms with Crippen molar-refractivity contribution in [1.82, 2.24) is 34.4 Å². The lowest BCUT2D eigenvalue weighted by Crippen LogP contribution is -2.41. The van der Waals surface area contributed by atoms with Gasteiger partial charge < -0.3 is 20.5 Å². The normalized spacial score (nSPS) is 14.5. The molecule has 5 rings (SSSR count). The fourth-order valence-corrected chi connectivity index (χ4v) is 5.61. The Bertz CT molecular complexity index is 1390. The summed E-state index contributed by atoms with van der Waals surface area (Å²) in [4.78, 5) is 31.2. The Kier molecular flexibility index (Phi) is 10.1. The van der Waals surface area contributed by atoms with E-state index < -0.39 is 6.04 Å². The van der Waals surface area contributed by atoms with Gasteiger partial charge in [0, 0.05) is 60.5 Å². The van der Waals surface area contributed by atoms with Gasteiger partial charge in [-0.25, -0.2) is 9.97 Å². The molecule has 3 N–H and O–H groups in total. The second-order valence-electron chi connectivity index (χ2n) is 10.4. The number of anilines is 2. The molecular weight excluding hydrogens is 561 g/mol. The number of amides is 1. The van der Waals surface area contributed by atoms with Gasteiger partial charge in [-0.15, -0.1) is 0 Å². The number of imidazole rings is 2. The first-order valence-corrected chi connectivity index (χ1v) is 14.8. The zero-order chi connectivity index (χ0) is 28.4. The van der Waals surface area contributed by atoms with E-state index in [9.17, 15) is 4.79 Å². The minimum absolute atomic E-state index is 0.0979. The van der Waals surface area contributed by atoms with Crippen molar-refractivity contribution in [2.45, 2.75) is 64.1 Å². The quantitative estimate of drug-likeness (QED) is 0.169. The molecule has 1 saturated carbocycles. The van der Waals surface area contributed by atoms with Crippen LogP contribution in [0.15, 0.2) is 61.7 Å². The summed E-state index contributed by atoms with van der Waals surface area (Å²) in [5.41, 5.74) is 0.812. The Balaban J connectivity index is 1.32. The number of aromatic nitrogens is 6. The summed E-state index contributed by atoms with van der Waals surface area (Å²) in [5.74, 6) is 2.08. The van der Waals surface area contributed by atoms with Gasteiger partial charge in [0.15, 0.2) is 0 Å². The predicted molar refractivity (Wildman–Crippen MR) is 161 cm³/mol. The van der Waals surface area contributed by atoms with Crippen LogP contribution in [-0.2, 0) is 17.9 Å². The van der Waals surface area contributed by atoms with Crippen LogP contribution in [0.3, 0.4) is 0 Å². The molecule has 216 valence electrons. The van der Waals surface area contributed by atoms with E-state index in [0.717, 1.165) is 37.8 Å². The van der Waals surface area contributed by atoms with Crippen LogP contribution in [0.25, 0.3) is 5.82 Å². The summed E-state index contributed by atoms with van der Waals surface area (Å²) in [6, 6.07) is 6.67. The summed E-state index contributed by atoms with van der Waals surface area (Å²) >= 11 is 12.4. The molecule has 1 aliphatic carbocycles. The summed E-state index contributed by atoms with van der Waals surface area (Å²) in [6.45, 7) is 1.82. The van der Waals surface area contributed by atoms with E-state index in [2.05, 4.69) is 30.9 Å². The van der Waals surface area contributed by atoms with Gasteiger partial charge in [0.1, 0.15) is 24.0 Å². The number of aryl methyl sites for hydroxylation is 1. The number of carbonyl (C=O) groups excluding carboxylic acids is 1. The van der Waals surface area contributed by atoms with Gasteiger partial charge in [0.05, 0.1) is 6.33 Å². The zero-order valence-corrected chi connectivity index (χ0v) is 24.4. The van der Waals surface area contributed by atoms with Crippen molar-refractivity contribution in [3.63, 3.8) is 0 Å². The molecule has 1 aromatic carbocycles. The molecule has 4 aromatic rings. The Labute approximate surface area is 249 Å². The highest BCUT2D eigenvalue weighted by Crippen LogP contribution is 2.29. The molecule has 1 fully saturated rings. The maximum Gasteiger partial charge on any atom is 0.242 e. The summed E-state index contributed by atoms with van der Waals surface area (Å²) in [6.07, 6.45) is 18.2. The molecule has 1 amide bonds. The molecule has 0 aliphatic heterocycles. The molecule has 3 heterocycles. The van der Waals surface area contributed by atoms with Crippen LogP contribution in [0, 0.1) is 5.92 Å². The van der Waals surface area contributed by atoms with Crippen molar-refractivity contribution in [2.24, 2.45) is 5.92 Å². The summed E-state index contributed by atoms with van der Waals surface area (Å²) in [5, 5.41) is 10.9. The standard InChI is InChI=1S/C29H35Cl2N9O/c30-23-8-7-22(24(31)16-23)18-35-28(41)25(15-21-5-2-1-3-6-21)36-26-17-27(40-14-11-33-20-40)38-29(37-26)34-9-4-12-39-13-10-32-19-39/h7-8,10-11,13-14,16-17,19-21,25H,1-6,9,12,15,18H2,(H,35,41)(H2,34,36,37,38). The van der Waals surface area contributed by atoms with Gasteiger partial charge in [-0.3, -0.25) is 9.36 Å². The SMILES string of the molecule is O=C(NCc1ccc(Cl)cc1Cl)C(CC1CCCCC1)Nc1cc(-n2ccnc2)nc(NCCCn2ccnc2)n1. The number of rotatable bonds is 13. The lowest BCUT2D eigenvalue weighted by Gasteiger charge is -2.27. The molecule has 0 bridgehead atoms. The van der Waals surface area contributed by atoms with Crippen molar-refractivity contribution >= 4 is 40.9 Å². The number of hydrogen-bond donors (Lipinski definition) is 3. The third-order valence-electron chi connectivity index (χ3n) is 7.32. The number of nitrogens with one attached hydrogen (secondary N) is 3. The minimum Gasteiger partial charge on any atom is -0.358 e. The first-order valence-electron chi connectivity index (χ1n) is 14.1. The van der Waals surface area contributed by atoms with Crippen molar-refractivity contribution in [3.05, 3.63) is 77.3 Å². The second kappa shape index (κ2) is 14.3. The first-order chi connectivity index (χ1) is 20.0. The first kappa shape index (κ1) is 28.9. The van der Waals surface area contributed by atoms with Crippen LogP contribution in [0.5, 0.6) is 0 Å². The van der Waals surface area contributed by atoms with E-state index in [1.165, 1.54) is 19.3 Å². The van der Waals surface area contributed by atoms with Gasteiger partial charge in [-0.05, 0) is 36.5 Å². The molecule has 1 aliphatic rings. The Morgan fingerprint density at radius 2 is 1.85 bits per heavy atom. The van der Waals surface area contributed by atoms with Crippen molar-refractivity contribution in [3.8, 4) is 5.82 Å². The van der Waals surface area contributed by atoms with Crippen LogP contribution in [0.4, 0.5) is 11.8 Å². The number of hydrogen-bond acceptors (Lipinski definition) is 7. The number of halogens is 2. The third-order valence-corrected chi connectivity index (χ3v) is 7.90. The van der Waals surface area contributed by atoms with Crippen molar-refractivity contribution < 1.29 is 4.79 Å². The highest BCUT2D eigenvalue weighted by molar-refractivity contribution is 6.35. The smallest absolute Gasteiger partial charge is 0.242 e. The lowest BCUT2D eigenvalue weighted by atomic mass is 9.84. The Morgan fingerprint density at radius 1 is 1.02 bits per heavy atom. The molecule has 0 spiro atoms. The molecule has 12 heteroatoms. The fraction of sp³-hybridized carbons (Fsp3) is 0.414. The molecule has 1 unspecified atom stereocenters. The summed E-state index contributed by atoms with van der Waals surface area (Å²) in [7, 11) is 0. The topological polar surface area (TPSA) is 115 Å². The Morgan fingerprint density at radius 3 is 2.61 bits per heavy atom. The second-order valence-corrected chi connectivity index (χ2v) is 11.2. The van der Waals surface area contributed by atoms with Crippen molar-refractivity contribution in [1.29, 1.82) is 0 Å². The number of carbonyl (C=O) groups is 1.